The third-order valence-electron chi connectivity index (χ3n) is 2.77. The zero-order valence-electron chi connectivity index (χ0n) is 8.95. The summed E-state index contributed by atoms with van der Waals surface area (Å²) in [4.78, 5) is 5.89. The van der Waals surface area contributed by atoms with E-state index in [4.69, 9.17) is 10.5 Å². The van der Waals surface area contributed by atoms with Gasteiger partial charge in [-0.05, 0) is 32.2 Å². The molecule has 0 amide bonds. The topological polar surface area (TPSA) is 48.1 Å². The van der Waals surface area contributed by atoms with E-state index < -0.39 is 0 Å². The van der Waals surface area contributed by atoms with Crippen LogP contribution in [0.4, 0.5) is 0 Å². The molecular weight excluding hydrogens is 208 g/mol. The number of nitrogens with two attached hydrogens (primary N) is 1. The van der Waals surface area contributed by atoms with Gasteiger partial charge in [-0.3, -0.25) is 0 Å². The number of rotatable bonds is 4. The fourth-order valence-electron chi connectivity index (χ4n) is 1.85. The lowest BCUT2D eigenvalue weighted by Crippen LogP contribution is -2.13. The fraction of sp³-hybridized carbons (Fsp3) is 0.727. The Morgan fingerprint density at radius 2 is 2.27 bits per heavy atom. The maximum absolute atomic E-state index is 5.49. The van der Waals surface area contributed by atoms with Crippen molar-refractivity contribution in [3.05, 3.63) is 16.1 Å². The summed E-state index contributed by atoms with van der Waals surface area (Å²) in [6, 6.07) is 0. The van der Waals surface area contributed by atoms with Crippen molar-refractivity contribution < 1.29 is 4.74 Å². The van der Waals surface area contributed by atoms with Gasteiger partial charge in [0.1, 0.15) is 0 Å². The number of hydrogen-bond donors (Lipinski definition) is 1. The first kappa shape index (κ1) is 11.0. The second-order valence-corrected chi connectivity index (χ2v) is 5.09. The van der Waals surface area contributed by atoms with Gasteiger partial charge in [0.05, 0.1) is 5.01 Å². The molecule has 0 saturated carbocycles. The Labute approximate surface area is 94.7 Å². The molecule has 1 aromatic heterocycles. The Bertz CT molecular complexity index is 295. The molecule has 1 fully saturated rings. The van der Waals surface area contributed by atoms with Crippen LogP contribution in [0.1, 0.15) is 35.1 Å². The van der Waals surface area contributed by atoms with E-state index in [0.29, 0.717) is 5.92 Å². The van der Waals surface area contributed by atoms with Gasteiger partial charge in [0.15, 0.2) is 0 Å². The van der Waals surface area contributed by atoms with Crippen LogP contribution in [-0.2, 0) is 11.2 Å². The molecule has 1 aliphatic rings. The van der Waals surface area contributed by atoms with Gasteiger partial charge in [0, 0.05) is 30.2 Å². The average Bonchev–Trinajstić information content (AvgIpc) is 2.76. The molecular formula is C11H18N2OS. The van der Waals surface area contributed by atoms with E-state index in [0.717, 1.165) is 45.4 Å². The van der Waals surface area contributed by atoms with Crippen molar-refractivity contribution in [1.29, 1.82) is 0 Å². The molecule has 1 saturated heterocycles. The maximum Gasteiger partial charge on any atom is 0.0960 e. The smallest absolute Gasteiger partial charge is 0.0960 e. The molecule has 0 radical (unpaired) electrons. The minimum Gasteiger partial charge on any atom is -0.381 e. The van der Waals surface area contributed by atoms with Crippen LogP contribution in [0.3, 0.4) is 0 Å². The van der Waals surface area contributed by atoms with Crippen LogP contribution in [0.15, 0.2) is 6.20 Å². The van der Waals surface area contributed by atoms with Gasteiger partial charge in [0.2, 0.25) is 0 Å². The Morgan fingerprint density at radius 1 is 1.47 bits per heavy atom. The zero-order chi connectivity index (χ0) is 10.5. The van der Waals surface area contributed by atoms with E-state index in [-0.39, 0.29) is 0 Å². The van der Waals surface area contributed by atoms with Gasteiger partial charge in [-0.2, -0.15) is 0 Å². The minimum atomic E-state index is 0.635. The fourth-order valence-corrected chi connectivity index (χ4v) is 2.98. The number of thiazole rings is 1. The summed E-state index contributed by atoms with van der Waals surface area (Å²) >= 11 is 1.86. The molecule has 84 valence electrons. The molecule has 0 aliphatic carbocycles. The first-order valence-electron chi connectivity index (χ1n) is 5.62. The molecule has 2 rings (SSSR count). The third-order valence-corrected chi connectivity index (χ3v) is 3.99. The lowest BCUT2D eigenvalue weighted by molar-refractivity contribution is 0.0853. The number of aryl methyl sites for hydroxylation is 1. The summed E-state index contributed by atoms with van der Waals surface area (Å²) in [6.07, 6.45) is 6.42. The molecule has 0 atom stereocenters. The van der Waals surface area contributed by atoms with Crippen molar-refractivity contribution in [2.75, 3.05) is 19.8 Å². The molecule has 4 heteroatoms. The average molecular weight is 226 g/mol. The van der Waals surface area contributed by atoms with Gasteiger partial charge >= 0.3 is 0 Å². The number of aromatic nitrogens is 1. The Hall–Kier alpha value is -0.450. The Morgan fingerprint density at radius 3 is 3.00 bits per heavy atom. The molecule has 0 bridgehead atoms. The van der Waals surface area contributed by atoms with Crippen molar-refractivity contribution in [2.24, 2.45) is 5.73 Å². The molecule has 2 heterocycles. The van der Waals surface area contributed by atoms with E-state index in [9.17, 15) is 0 Å². The molecule has 1 aromatic rings. The van der Waals surface area contributed by atoms with Gasteiger partial charge < -0.3 is 10.5 Å². The van der Waals surface area contributed by atoms with Gasteiger partial charge in [-0.1, -0.05) is 0 Å². The van der Waals surface area contributed by atoms with E-state index in [2.05, 4.69) is 4.98 Å². The maximum atomic E-state index is 5.49. The highest BCUT2D eigenvalue weighted by atomic mass is 32.1. The van der Waals surface area contributed by atoms with Crippen LogP contribution in [0.25, 0.3) is 0 Å². The van der Waals surface area contributed by atoms with E-state index in [1.807, 2.05) is 17.5 Å². The molecule has 3 nitrogen and oxygen atoms in total. The Balaban J connectivity index is 1.93. The molecule has 15 heavy (non-hydrogen) atoms. The summed E-state index contributed by atoms with van der Waals surface area (Å²) < 4.78 is 5.35. The van der Waals surface area contributed by atoms with Crippen LogP contribution >= 0.6 is 11.3 Å². The Kier molecular flexibility index (Phi) is 4.11. The largest absolute Gasteiger partial charge is 0.381 e. The molecule has 0 aromatic carbocycles. The van der Waals surface area contributed by atoms with Crippen molar-refractivity contribution >= 4 is 11.3 Å². The predicted molar refractivity (Wildman–Crippen MR) is 62.3 cm³/mol. The molecule has 0 unspecified atom stereocenters. The number of hydrogen-bond acceptors (Lipinski definition) is 4. The summed E-state index contributed by atoms with van der Waals surface area (Å²) in [5, 5.41) is 1.30. The van der Waals surface area contributed by atoms with Gasteiger partial charge in [-0.15, -0.1) is 11.3 Å². The lowest BCUT2D eigenvalue weighted by atomic mass is 10.0. The lowest BCUT2D eigenvalue weighted by Gasteiger charge is -2.19. The highest BCUT2D eigenvalue weighted by Gasteiger charge is 2.18. The van der Waals surface area contributed by atoms with E-state index in [1.54, 1.807) is 0 Å². The van der Waals surface area contributed by atoms with Crippen molar-refractivity contribution in [3.8, 4) is 0 Å². The van der Waals surface area contributed by atoms with Gasteiger partial charge in [0.25, 0.3) is 0 Å². The van der Waals surface area contributed by atoms with E-state index in [1.165, 1.54) is 9.88 Å². The monoisotopic (exact) mass is 226 g/mol. The quantitative estimate of drug-likeness (QED) is 0.853. The summed E-state index contributed by atoms with van der Waals surface area (Å²) in [5.74, 6) is 0.635. The van der Waals surface area contributed by atoms with Crippen LogP contribution in [0, 0.1) is 0 Å². The van der Waals surface area contributed by atoms with Gasteiger partial charge in [-0.25, -0.2) is 4.98 Å². The summed E-state index contributed by atoms with van der Waals surface area (Å²) in [5.41, 5.74) is 5.49. The van der Waals surface area contributed by atoms with Crippen molar-refractivity contribution in [3.63, 3.8) is 0 Å². The van der Waals surface area contributed by atoms with Crippen LogP contribution in [0.2, 0.25) is 0 Å². The van der Waals surface area contributed by atoms with Crippen molar-refractivity contribution in [1.82, 2.24) is 4.98 Å². The second kappa shape index (κ2) is 5.58. The second-order valence-electron chi connectivity index (χ2n) is 3.94. The van der Waals surface area contributed by atoms with Crippen LogP contribution < -0.4 is 5.73 Å². The molecule has 1 aliphatic heterocycles. The predicted octanol–water partition coefficient (Wildman–Crippen LogP) is 1.93. The normalized spacial score (nSPS) is 18.2. The highest BCUT2D eigenvalue weighted by molar-refractivity contribution is 7.11. The summed E-state index contributed by atoms with van der Waals surface area (Å²) in [7, 11) is 0. The first-order valence-corrected chi connectivity index (χ1v) is 6.44. The number of nitrogens with zero attached hydrogens (tertiary/aromatic N) is 1. The minimum absolute atomic E-state index is 0.635. The molecule has 2 N–H and O–H groups in total. The number of ether oxygens (including phenoxy) is 1. The zero-order valence-corrected chi connectivity index (χ0v) is 9.76. The van der Waals surface area contributed by atoms with Crippen LogP contribution in [0.5, 0.6) is 0 Å². The highest BCUT2D eigenvalue weighted by Crippen LogP contribution is 2.30. The van der Waals surface area contributed by atoms with Crippen LogP contribution in [-0.4, -0.2) is 24.7 Å². The third kappa shape index (κ3) is 3.00. The SMILES string of the molecule is NCCCc1cnc(C2CCOCC2)s1. The van der Waals surface area contributed by atoms with Crippen molar-refractivity contribution in [2.45, 2.75) is 31.6 Å². The standard InChI is InChI=1S/C11H18N2OS/c12-5-1-2-10-8-13-11(15-10)9-3-6-14-7-4-9/h8-9H,1-7,12H2. The molecule has 0 spiro atoms. The first-order chi connectivity index (χ1) is 7.40. The summed E-state index contributed by atoms with van der Waals surface area (Å²) in [6.45, 7) is 2.55. The van der Waals surface area contributed by atoms with E-state index >= 15 is 0 Å².